The van der Waals surface area contributed by atoms with Crippen molar-refractivity contribution in [1.29, 1.82) is 5.41 Å². The molecule has 164 valence electrons. The summed E-state index contributed by atoms with van der Waals surface area (Å²) in [4.78, 5) is 15.1. The Bertz CT molecular complexity index is 1290. The van der Waals surface area contributed by atoms with Gasteiger partial charge in [-0.05, 0) is 61.1 Å². The Morgan fingerprint density at radius 2 is 1.59 bits per heavy atom. The van der Waals surface area contributed by atoms with Gasteiger partial charge in [0.15, 0.2) is 5.78 Å². The quantitative estimate of drug-likeness (QED) is 0.324. The summed E-state index contributed by atoms with van der Waals surface area (Å²) in [5.41, 5.74) is 3.99. The van der Waals surface area contributed by atoms with Crippen LogP contribution in [0, 0.1) is 5.41 Å². The molecule has 0 bridgehead atoms. The van der Waals surface area contributed by atoms with E-state index in [1.54, 1.807) is 28.8 Å². The van der Waals surface area contributed by atoms with Gasteiger partial charge in [0.05, 0.1) is 17.6 Å². The van der Waals surface area contributed by atoms with Crippen molar-refractivity contribution in [3.8, 4) is 0 Å². The Morgan fingerprint density at radius 3 is 2.25 bits per heavy atom. The summed E-state index contributed by atoms with van der Waals surface area (Å²) >= 11 is 9.42. The number of likely N-dealkylation sites (N-methyl/N-ethyl adjacent to an activating group) is 1. The first-order chi connectivity index (χ1) is 15.4. The molecule has 1 N–H and O–H groups in total. The van der Waals surface area contributed by atoms with E-state index in [2.05, 4.69) is 40.0 Å². The van der Waals surface area contributed by atoms with Gasteiger partial charge >= 0.3 is 0 Å². The van der Waals surface area contributed by atoms with Gasteiger partial charge in [-0.1, -0.05) is 51.8 Å². The van der Waals surface area contributed by atoms with Crippen molar-refractivity contribution in [2.24, 2.45) is 0 Å². The summed E-state index contributed by atoms with van der Waals surface area (Å²) in [5, 5.41) is 9.38. The molecule has 0 aliphatic heterocycles. The summed E-state index contributed by atoms with van der Waals surface area (Å²) in [7, 11) is 2.08. The highest BCUT2D eigenvalue weighted by Crippen LogP contribution is 2.16. The zero-order valence-corrected chi connectivity index (χ0v) is 20.1. The molecule has 0 saturated heterocycles. The zero-order valence-electron chi connectivity index (χ0n) is 17.8. The van der Waals surface area contributed by atoms with E-state index in [0.29, 0.717) is 22.7 Å². The number of nitrogens with zero attached hydrogens (tertiary/aromatic N) is 3. The Labute approximate surface area is 200 Å². The molecule has 0 aliphatic carbocycles. The maximum Gasteiger partial charge on any atom is 0.203 e. The monoisotopic (exact) mass is 510 g/mol. The van der Waals surface area contributed by atoms with E-state index >= 15 is 0 Å². The highest BCUT2D eigenvalue weighted by Gasteiger charge is 2.15. The molecule has 0 radical (unpaired) electrons. The molecular weight excluding hydrogens is 488 g/mol. The zero-order chi connectivity index (χ0) is 22.7. The van der Waals surface area contributed by atoms with Gasteiger partial charge < -0.3 is 14.0 Å². The first-order valence-corrected chi connectivity index (χ1v) is 11.5. The van der Waals surface area contributed by atoms with Gasteiger partial charge in [0, 0.05) is 34.7 Å². The fraction of sp³-hybridized carbons (Fsp3) is 0.200. The molecule has 1 aromatic heterocycles. The third kappa shape index (κ3) is 5.04. The number of carbonyl (C=O) groups is 1. The minimum Gasteiger partial charge on any atom is -0.309 e. The SMILES string of the molecule is CN(CCn1c(=N)n(CC(=O)c2ccc(Cl)cc2)c2ccccc21)Cc1ccc(Br)cc1. The number of hydrogen-bond donors (Lipinski definition) is 1. The lowest BCUT2D eigenvalue weighted by Gasteiger charge is -2.17. The Balaban J connectivity index is 1.54. The summed E-state index contributed by atoms with van der Waals surface area (Å²) in [6.07, 6.45) is 0. The van der Waals surface area contributed by atoms with Crippen LogP contribution in [0.4, 0.5) is 0 Å². The second-order valence-electron chi connectivity index (χ2n) is 7.84. The van der Waals surface area contributed by atoms with Crippen LogP contribution in [0.2, 0.25) is 5.02 Å². The predicted molar refractivity (Wildman–Crippen MR) is 132 cm³/mol. The molecule has 0 unspecified atom stereocenters. The fourth-order valence-electron chi connectivity index (χ4n) is 3.80. The summed E-state index contributed by atoms with van der Waals surface area (Å²) in [5.74, 6) is -0.0459. The number of fused-ring (bicyclic) bond motifs is 1. The van der Waals surface area contributed by atoms with Crippen LogP contribution in [0.3, 0.4) is 0 Å². The van der Waals surface area contributed by atoms with Crippen molar-refractivity contribution in [3.63, 3.8) is 0 Å². The van der Waals surface area contributed by atoms with Crippen LogP contribution < -0.4 is 5.62 Å². The van der Waals surface area contributed by atoms with Crippen molar-refractivity contribution < 1.29 is 4.79 Å². The molecule has 5 nitrogen and oxygen atoms in total. The second-order valence-corrected chi connectivity index (χ2v) is 9.20. The third-order valence-corrected chi connectivity index (χ3v) is 6.29. The largest absolute Gasteiger partial charge is 0.309 e. The molecule has 0 spiro atoms. The maximum absolute atomic E-state index is 12.9. The van der Waals surface area contributed by atoms with Gasteiger partial charge in [0.1, 0.15) is 0 Å². The molecule has 32 heavy (non-hydrogen) atoms. The fourth-order valence-corrected chi connectivity index (χ4v) is 4.19. The van der Waals surface area contributed by atoms with E-state index in [1.165, 1.54) is 5.56 Å². The molecule has 4 aromatic rings. The standard InChI is InChI=1S/C25H24BrClN4O/c1-29(16-18-6-10-20(26)11-7-18)14-15-30-22-4-2-3-5-23(22)31(25(30)28)17-24(32)19-8-12-21(27)13-9-19/h2-13,28H,14-17H2,1H3. The van der Waals surface area contributed by atoms with Crippen LogP contribution in [0.25, 0.3) is 11.0 Å². The third-order valence-electron chi connectivity index (χ3n) is 5.51. The highest BCUT2D eigenvalue weighted by molar-refractivity contribution is 9.10. The topological polar surface area (TPSA) is 54.0 Å². The van der Waals surface area contributed by atoms with Gasteiger partial charge in [0.2, 0.25) is 5.62 Å². The number of para-hydroxylation sites is 2. The lowest BCUT2D eigenvalue weighted by molar-refractivity contribution is 0.0971. The number of nitrogens with one attached hydrogen (secondary N) is 1. The number of Topliss-reactive ketones (excluding diaryl/α,β-unsaturated/α-hetero) is 1. The average molecular weight is 512 g/mol. The van der Waals surface area contributed by atoms with Crippen LogP contribution >= 0.6 is 27.5 Å². The van der Waals surface area contributed by atoms with E-state index in [4.69, 9.17) is 17.0 Å². The minimum atomic E-state index is -0.0459. The number of rotatable bonds is 8. The van der Waals surface area contributed by atoms with Crippen LogP contribution in [-0.2, 0) is 19.6 Å². The smallest absolute Gasteiger partial charge is 0.203 e. The number of ketones is 1. The first-order valence-electron chi connectivity index (χ1n) is 10.4. The van der Waals surface area contributed by atoms with Crippen LogP contribution in [0.15, 0.2) is 77.3 Å². The number of aromatic nitrogens is 2. The summed E-state index contributed by atoms with van der Waals surface area (Å²) < 4.78 is 4.82. The van der Waals surface area contributed by atoms with Gasteiger partial charge in [-0.15, -0.1) is 0 Å². The average Bonchev–Trinajstić information content (AvgIpc) is 3.05. The molecular formula is C25H24BrClN4O. The molecule has 1 heterocycles. The first kappa shape index (κ1) is 22.5. The molecule has 0 aliphatic rings. The van der Waals surface area contributed by atoms with E-state index < -0.39 is 0 Å². The lowest BCUT2D eigenvalue weighted by Crippen LogP contribution is -2.31. The number of imidazole rings is 1. The van der Waals surface area contributed by atoms with Crippen molar-refractivity contribution in [2.45, 2.75) is 19.6 Å². The summed E-state index contributed by atoms with van der Waals surface area (Å²) in [6.45, 7) is 2.39. The molecule has 0 atom stereocenters. The molecule has 4 rings (SSSR count). The molecule has 0 fully saturated rings. The number of benzene rings is 3. The molecule has 0 amide bonds. The molecule has 3 aromatic carbocycles. The van der Waals surface area contributed by atoms with Gasteiger partial charge in [0.25, 0.3) is 0 Å². The Morgan fingerprint density at radius 1 is 0.969 bits per heavy atom. The van der Waals surface area contributed by atoms with Crippen LogP contribution in [0.1, 0.15) is 15.9 Å². The second kappa shape index (κ2) is 9.86. The van der Waals surface area contributed by atoms with Crippen molar-refractivity contribution in [3.05, 3.63) is 99.0 Å². The Kier molecular flexibility index (Phi) is 6.94. The van der Waals surface area contributed by atoms with Crippen molar-refractivity contribution >= 4 is 44.3 Å². The number of carbonyl (C=O) groups excluding carboxylic acids is 1. The van der Waals surface area contributed by atoms with E-state index in [-0.39, 0.29) is 12.3 Å². The van der Waals surface area contributed by atoms with E-state index in [9.17, 15) is 4.79 Å². The number of halogens is 2. The maximum atomic E-state index is 12.9. The van der Waals surface area contributed by atoms with Gasteiger partial charge in [-0.2, -0.15) is 0 Å². The number of hydrogen-bond acceptors (Lipinski definition) is 3. The van der Waals surface area contributed by atoms with Gasteiger partial charge in [-0.3, -0.25) is 10.2 Å². The molecule has 0 saturated carbocycles. The van der Waals surface area contributed by atoms with Crippen molar-refractivity contribution in [2.75, 3.05) is 13.6 Å². The van der Waals surface area contributed by atoms with Gasteiger partial charge in [-0.25, -0.2) is 0 Å². The lowest BCUT2D eigenvalue weighted by atomic mass is 10.1. The van der Waals surface area contributed by atoms with E-state index in [1.807, 2.05) is 41.0 Å². The van der Waals surface area contributed by atoms with Crippen LogP contribution in [0.5, 0.6) is 0 Å². The highest BCUT2D eigenvalue weighted by atomic mass is 79.9. The van der Waals surface area contributed by atoms with E-state index in [0.717, 1.165) is 28.6 Å². The van der Waals surface area contributed by atoms with Crippen LogP contribution in [-0.4, -0.2) is 33.4 Å². The predicted octanol–water partition coefficient (Wildman–Crippen LogP) is 5.35. The summed E-state index contributed by atoms with van der Waals surface area (Å²) in [6, 6.07) is 23.1. The minimum absolute atomic E-state index is 0.0459. The molecule has 7 heteroatoms. The Hall–Kier alpha value is -2.67. The van der Waals surface area contributed by atoms with Crippen molar-refractivity contribution in [1.82, 2.24) is 14.0 Å². The normalized spacial score (nSPS) is 11.4.